The van der Waals surface area contributed by atoms with E-state index < -0.39 is 15.8 Å². The van der Waals surface area contributed by atoms with Crippen LogP contribution in [0.15, 0.2) is 23.1 Å². The van der Waals surface area contributed by atoms with Crippen LogP contribution in [0.2, 0.25) is 0 Å². The van der Waals surface area contributed by atoms with Gasteiger partial charge in [0.15, 0.2) is 0 Å². The molecule has 1 aliphatic rings. The largest absolute Gasteiger partial charge is 0.399 e. The van der Waals surface area contributed by atoms with Crippen LogP contribution in [-0.4, -0.2) is 50.2 Å². The van der Waals surface area contributed by atoms with Gasteiger partial charge in [-0.25, -0.2) is 12.8 Å². The average molecular weight is 318 g/mol. The molecule has 118 valence electrons. The number of halogens is 1. The molecular formula is C13H19FN2O4S. The molecule has 0 amide bonds. The molecule has 21 heavy (non-hydrogen) atoms. The molecule has 1 fully saturated rings. The van der Waals surface area contributed by atoms with E-state index in [1.165, 1.54) is 16.4 Å². The average Bonchev–Trinajstić information content (AvgIpc) is 2.45. The molecule has 0 radical (unpaired) electrons. The highest BCUT2D eigenvalue weighted by molar-refractivity contribution is 7.89. The van der Waals surface area contributed by atoms with E-state index >= 15 is 0 Å². The third kappa shape index (κ3) is 3.70. The lowest BCUT2D eigenvalue weighted by Gasteiger charge is -2.31. The van der Waals surface area contributed by atoms with Crippen molar-refractivity contribution in [2.75, 3.05) is 32.0 Å². The molecule has 0 saturated carbocycles. The molecule has 2 rings (SSSR count). The monoisotopic (exact) mass is 318 g/mol. The molecule has 6 nitrogen and oxygen atoms in total. The number of rotatable bonds is 5. The summed E-state index contributed by atoms with van der Waals surface area (Å²) in [7, 11) is -3.86. The Hall–Kier alpha value is -1.22. The fraction of sp³-hybridized carbons (Fsp3) is 0.538. The third-order valence-electron chi connectivity index (χ3n) is 3.42. The minimum absolute atomic E-state index is 0.0604. The van der Waals surface area contributed by atoms with E-state index in [9.17, 15) is 12.8 Å². The van der Waals surface area contributed by atoms with Gasteiger partial charge in [0.2, 0.25) is 10.0 Å². The standard InChI is InChI=1S/C13H19FN2O4S/c14-12-9-10(15)1-2-13(12)21(18,19)16-5-3-11(4-6-16)20-8-7-17/h1-2,9,11,17H,3-8,15H2. The smallest absolute Gasteiger partial charge is 0.245 e. The highest BCUT2D eigenvalue weighted by Crippen LogP contribution is 2.25. The van der Waals surface area contributed by atoms with Gasteiger partial charge < -0.3 is 15.6 Å². The number of benzene rings is 1. The maximum Gasteiger partial charge on any atom is 0.245 e. The summed E-state index contributed by atoms with van der Waals surface area (Å²) in [6.07, 6.45) is 0.978. The Balaban J connectivity index is 2.08. The number of hydrogen-bond donors (Lipinski definition) is 2. The SMILES string of the molecule is Nc1ccc(S(=O)(=O)N2CCC(OCCO)CC2)c(F)c1. The van der Waals surface area contributed by atoms with Crippen molar-refractivity contribution in [3.63, 3.8) is 0 Å². The van der Waals surface area contributed by atoms with Crippen molar-refractivity contribution in [1.29, 1.82) is 0 Å². The molecule has 1 heterocycles. The van der Waals surface area contributed by atoms with Gasteiger partial charge in [-0.05, 0) is 31.0 Å². The first kappa shape index (κ1) is 16.2. The van der Waals surface area contributed by atoms with Gasteiger partial charge in [0.25, 0.3) is 0 Å². The first-order chi connectivity index (χ1) is 9.95. The molecular weight excluding hydrogens is 299 g/mol. The maximum atomic E-state index is 13.8. The summed E-state index contributed by atoms with van der Waals surface area (Å²) in [4.78, 5) is -0.355. The van der Waals surface area contributed by atoms with Gasteiger partial charge in [-0.15, -0.1) is 0 Å². The van der Waals surface area contributed by atoms with E-state index in [1.807, 2.05) is 0 Å². The zero-order chi connectivity index (χ0) is 15.5. The highest BCUT2D eigenvalue weighted by Gasteiger charge is 2.31. The fourth-order valence-electron chi connectivity index (χ4n) is 2.32. The van der Waals surface area contributed by atoms with Crippen LogP contribution < -0.4 is 5.73 Å². The third-order valence-corrected chi connectivity index (χ3v) is 5.35. The summed E-state index contributed by atoms with van der Waals surface area (Å²) in [6.45, 7) is 0.712. The van der Waals surface area contributed by atoms with Crippen molar-refractivity contribution in [1.82, 2.24) is 4.31 Å². The highest BCUT2D eigenvalue weighted by atomic mass is 32.2. The van der Waals surface area contributed by atoms with E-state index in [4.69, 9.17) is 15.6 Å². The Morgan fingerprint density at radius 3 is 2.62 bits per heavy atom. The van der Waals surface area contributed by atoms with E-state index in [1.54, 1.807) is 0 Å². The molecule has 0 atom stereocenters. The van der Waals surface area contributed by atoms with Gasteiger partial charge in [-0.1, -0.05) is 0 Å². The van der Waals surface area contributed by atoms with E-state index in [0.29, 0.717) is 12.8 Å². The Bertz CT molecular complexity index is 586. The van der Waals surface area contributed by atoms with Crippen molar-refractivity contribution >= 4 is 15.7 Å². The summed E-state index contributed by atoms with van der Waals surface area (Å²) in [5.41, 5.74) is 5.61. The van der Waals surface area contributed by atoms with Gasteiger partial charge in [-0.2, -0.15) is 4.31 Å². The summed E-state index contributed by atoms with van der Waals surface area (Å²) in [5.74, 6) is -0.839. The Labute approximate surface area is 123 Å². The number of aliphatic hydroxyl groups excluding tert-OH is 1. The molecule has 1 aliphatic heterocycles. The van der Waals surface area contributed by atoms with Crippen LogP contribution in [0, 0.1) is 5.82 Å². The first-order valence-electron chi connectivity index (χ1n) is 6.73. The number of nitrogens with two attached hydrogens (primary N) is 1. The van der Waals surface area contributed by atoms with Gasteiger partial charge in [0.1, 0.15) is 10.7 Å². The van der Waals surface area contributed by atoms with E-state index in [-0.39, 0.29) is 43.0 Å². The zero-order valence-electron chi connectivity index (χ0n) is 11.5. The molecule has 1 aromatic rings. The molecule has 0 bridgehead atoms. The second-order valence-electron chi connectivity index (χ2n) is 4.89. The van der Waals surface area contributed by atoms with Gasteiger partial charge >= 0.3 is 0 Å². The van der Waals surface area contributed by atoms with Crippen LogP contribution in [-0.2, 0) is 14.8 Å². The van der Waals surface area contributed by atoms with E-state index in [2.05, 4.69) is 0 Å². The number of hydrogen-bond acceptors (Lipinski definition) is 5. The predicted octanol–water partition coefficient (Wildman–Crippen LogP) is 0.570. The topological polar surface area (TPSA) is 92.9 Å². The second kappa shape index (κ2) is 6.69. The number of ether oxygens (including phenoxy) is 1. The molecule has 0 spiro atoms. The summed E-state index contributed by atoms with van der Waals surface area (Å²) in [5, 5.41) is 8.70. The number of nitrogens with zero attached hydrogens (tertiary/aromatic N) is 1. The van der Waals surface area contributed by atoms with E-state index in [0.717, 1.165) is 6.07 Å². The number of aliphatic hydroxyl groups is 1. The molecule has 1 saturated heterocycles. The van der Waals surface area contributed by atoms with Gasteiger partial charge in [-0.3, -0.25) is 0 Å². The Morgan fingerprint density at radius 1 is 1.38 bits per heavy atom. The number of piperidine rings is 1. The molecule has 0 unspecified atom stereocenters. The van der Waals surface area contributed by atoms with Crippen molar-refractivity contribution < 1.29 is 22.7 Å². The Kier molecular flexibility index (Phi) is 5.15. The lowest BCUT2D eigenvalue weighted by Crippen LogP contribution is -2.41. The fourth-order valence-corrected chi connectivity index (χ4v) is 3.84. The lowest BCUT2D eigenvalue weighted by atomic mass is 10.1. The summed E-state index contributed by atoms with van der Waals surface area (Å²) in [6, 6.07) is 3.56. The van der Waals surface area contributed by atoms with Crippen molar-refractivity contribution in [2.45, 2.75) is 23.8 Å². The molecule has 0 aromatic heterocycles. The second-order valence-corrected chi connectivity index (χ2v) is 6.79. The zero-order valence-corrected chi connectivity index (χ0v) is 12.4. The van der Waals surface area contributed by atoms with Gasteiger partial charge in [0, 0.05) is 18.8 Å². The normalized spacial score (nSPS) is 18.0. The summed E-state index contributed by atoms with van der Waals surface area (Å²) >= 11 is 0. The maximum absolute atomic E-state index is 13.8. The van der Waals surface area contributed by atoms with Crippen molar-refractivity contribution in [2.24, 2.45) is 0 Å². The molecule has 1 aromatic carbocycles. The quantitative estimate of drug-likeness (QED) is 0.774. The lowest BCUT2D eigenvalue weighted by molar-refractivity contribution is 0.00317. The van der Waals surface area contributed by atoms with Crippen LogP contribution in [0.5, 0.6) is 0 Å². The Morgan fingerprint density at radius 2 is 2.05 bits per heavy atom. The van der Waals surface area contributed by atoms with Crippen LogP contribution in [0.1, 0.15) is 12.8 Å². The van der Waals surface area contributed by atoms with Crippen molar-refractivity contribution in [3.8, 4) is 0 Å². The van der Waals surface area contributed by atoms with Crippen molar-refractivity contribution in [3.05, 3.63) is 24.0 Å². The molecule has 0 aliphatic carbocycles. The predicted molar refractivity (Wildman–Crippen MR) is 75.6 cm³/mol. The van der Waals surface area contributed by atoms with Crippen LogP contribution in [0.25, 0.3) is 0 Å². The minimum atomic E-state index is -3.86. The van der Waals surface area contributed by atoms with Crippen LogP contribution in [0.4, 0.5) is 10.1 Å². The molecule has 3 N–H and O–H groups in total. The van der Waals surface area contributed by atoms with Crippen LogP contribution in [0.3, 0.4) is 0 Å². The number of nitrogen functional groups attached to an aromatic ring is 1. The minimum Gasteiger partial charge on any atom is -0.399 e. The molecule has 8 heteroatoms. The summed E-state index contributed by atoms with van der Waals surface area (Å²) < 4.78 is 45.2. The number of sulfonamides is 1. The van der Waals surface area contributed by atoms with Gasteiger partial charge in [0.05, 0.1) is 19.3 Å². The van der Waals surface area contributed by atoms with Crippen LogP contribution >= 0.6 is 0 Å². The first-order valence-corrected chi connectivity index (χ1v) is 8.17. The number of anilines is 1.